The van der Waals surface area contributed by atoms with Crippen LogP contribution < -0.4 is 0 Å². The van der Waals surface area contributed by atoms with E-state index in [1.807, 2.05) is 42.5 Å². The Labute approximate surface area is 107 Å². The fourth-order valence-electron chi connectivity index (χ4n) is 2.02. The third-order valence-corrected chi connectivity index (χ3v) is 2.93. The molecule has 0 aliphatic rings. The number of hydrogen-bond acceptors (Lipinski definition) is 2. The van der Waals surface area contributed by atoms with Crippen LogP contribution in [0.15, 0.2) is 54.6 Å². The van der Waals surface area contributed by atoms with Crippen molar-refractivity contribution in [3.05, 3.63) is 60.2 Å². The molecular formula is C16H16O2. The molecule has 0 saturated carbocycles. The van der Waals surface area contributed by atoms with Crippen molar-refractivity contribution in [3.63, 3.8) is 0 Å². The van der Waals surface area contributed by atoms with Gasteiger partial charge < -0.3 is 4.74 Å². The lowest BCUT2D eigenvalue weighted by atomic mass is 10.0. The molecule has 0 fully saturated rings. The second kappa shape index (κ2) is 5.61. The van der Waals surface area contributed by atoms with Crippen LogP contribution in [0.4, 0.5) is 0 Å². The predicted octanol–water partition coefficient (Wildman–Crippen LogP) is 3.63. The zero-order chi connectivity index (χ0) is 13.0. The number of Topliss-reactive ketones (excluding diaryl/α,β-unsaturated/α-hetero) is 1. The van der Waals surface area contributed by atoms with Gasteiger partial charge in [0.2, 0.25) is 0 Å². The van der Waals surface area contributed by atoms with E-state index in [0.717, 1.165) is 11.1 Å². The van der Waals surface area contributed by atoms with Crippen LogP contribution in [0.2, 0.25) is 0 Å². The fourth-order valence-corrected chi connectivity index (χ4v) is 2.02. The lowest BCUT2D eigenvalue weighted by Crippen LogP contribution is -2.10. The molecule has 2 rings (SSSR count). The summed E-state index contributed by atoms with van der Waals surface area (Å²) in [5.74, 6) is 0.0185. The largest absolute Gasteiger partial charge is 0.369 e. The van der Waals surface area contributed by atoms with Gasteiger partial charge in [-0.3, -0.25) is 4.79 Å². The Morgan fingerprint density at radius 3 is 2.00 bits per heavy atom. The van der Waals surface area contributed by atoms with E-state index in [1.165, 1.54) is 5.56 Å². The van der Waals surface area contributed by atoms with Crippen LogP contribution in [0.3, 0.4) is 0 Å². The van der Waals surface area contributed by atoms with Gasteiger partial charge in [-0.2, -0.15) is 0 Å². The van der Waals surface area contributed by atoms with Crippen molar-refractivity contribution in [3.8, 4) is 11.1 Å². The van der Waals surface area contributed by atoms with E-state index in [1.54, 1.807) is 14.0 Å². The Bertz CT molecular complexity index is 515. The summed E-state index contributed by atoms with van der Waals surface area (Å²) in [6.07, 6.45) is -0.463. The van der Waals surface area contributed by atoms with Crippen LogP contribution >= 0.6 is 0 Å². The first-order valence-electron chi connectivity index (χ1n) is 5.91. The summed E-state index contributed by atoms with van der Waals surface area (Å²) in [6.45, 7) is 1.54. The highest BCUT2D eigenvalue weighted by molar-refractivity contribution is 5.82. The molecule has 1 unspecified atom stereocenters. The Morgan fingerprint density at radius 1 is 0.944 bits per heavy atom. The van der Waals surface area contributed by atoms with Gasteiger partial charge in [0.15, 0.2) is 5.78 Å². The highest BCUT2D eigenvalue weighted by Gasteiger charge is 2.15. The van der Waals surface area contributed by atoms with Gasteiger partial charge in [-0.1, -0.05) is 54.6 Å². The third-order valence-electron chi connectivity index (χ3n) is 2.93. The number of rotatable bonds is 4. The molecule has 2 nitrogen and oxygen atoms in total. The molecule has 1 atom stereocenters. The average Bonchev–Trinajstić information content (AvgIpc) is 2.41. The van der Waals surface area contributed by atoms with E-state index in [2.05, 4.69) is 12.1 Å². The van der Waals surface area contributed by atoms with E-state index in [4.69, 9.17) is 4.74 Å². The molecule has 0 amide bonds. The lowest BCUT2D eigenvalue weighted by molar-refractivity contribution is -0.126. The zero-order valence-electron chi connectivity index (χ0n) is 10.6. The standard InChI is InChI=1S/C16H16O2/c1-12(17)16(18-2)15-10-8-14(9-11-15)13-6-4-3-5-7-13/h3-11,16H,1-2H3. The van der Waals surface area contributed by atoms with E-state index < -0.39 is 6.10 Å². The van der Waals surface area contributed by atoms with Gasteiger partial charge in [-0.15, -0.1) is 0 Å². The Morgan fingerprint density at radius 2 is 1.50 bits per heavy atom. The topological polar surface area (TPSA) is 26.3 Å². The van der Waals surface area contributed by atoms with Crippen LogP contribution in [0.1, 0.15) is 18.6 Å². The third kappa shape index (κ3) is 2.66. The van der Waals surface area contributed by atoms with E-state index in [9.17, 15) is 4.79 Å². The molecule has 18 heavy (non-hydrogen) atoms. The molecule has 0 saturated heterocycles. The zero-order valence-corrected chi connectivity index (χ0v) is 10.6. The quantitative estimate of drug-likeness (QED) is 0.815. The van der Waals surface area contributed by atoms with Gasteiger partial charge in [-0.25, -0.2) is 0 Å². The minimum atomic E-state index is -0.463. The van der Waals surface area contributed by atoms with Crippen molar-refractivity contribution < 1.29 is 9.53 Å². The number of hydrogen-bond donors (Lipinski definition) is 0. The van der Waals surface area contributed by atoms with Crippen LogP contribution in [-0.4, -0.2) is 12.9 Å². The number of ether oxygens (including phenoxy) is 1. The van der Waals surface area contributed by atoms with Crippen LogP contribution in [0, 0.1) is 0 Å². The van der Waals surface area contributed by atoms with Gasteiger partial charge in [0.25, 0.3) is 0 Å². The van der Waals surface area contributed by atoms with E-state index in [-0.39, 0.29) is 5.78 Å². The van der Waals surface area contributed by atoms with Gasteiger partial charge in [0.1, 0.15) is 6.10 Å². The average molecular weight is 240 g/mol. The first-order valence-corrected chi connectivity index (χ1v) is 5.91. The molecule has 0 N–H and O–H groups in total. The summed E-state index contributed by atoms with van der Waals surface area (Å²) in [6, 6.07) is 18.1. The minimum Gasteiger partial charge on any atom is -0.369 e. The minimum absolute atomic E-state index is 0.0185. The van der Waals surface area contributed by atoms with Crippen molar-refractivity contribution in [2.24, 2.45) is 0 Å². The lowest BCUT2D eigenvalue weighted by Gasteiger charge is -2.12. The second-order valence-electron chi connectivity index (χ2n) is 4.21. The van der Waals surface area contributed by atoms with Gasteiger partial charge in [-0.05, 0) is 23.6 Å². The molecule has 2 aromatic rings. The van der Waals surface area contributed by atoms with Crippen molar-refractivity contribution in [2.45, 2.75) is 13.0 Å². The molecule has 0 heterocycles. The van der Waals surface area contributed by atoms with Crippen LogP contribution in [-0.2, 0) is 9.53 Å². The smallest absolute Gasteiger partial charge is 0.163 e. The summed E-state index contributed by atoms with van der Waals surface area (Å²) < 4.78 is 5.19. The molecule has 0 bridgehead atoms. The Hall–Kier alpha value is -1.93. The summed E-state index contributed by atoms with van der Waals surface area (Å²) in [5.41, 5.74) is 3.20. The SMILES string of the molecule is COC(C(C)=O)c1ccc(-c2ccccc2)cc1. The number of carbonyl (C=O) groups is 1. The number of ketones is 1. The maximum absolute atomic E-state index is 11.4. The Balaban J connectivity index is 2.28. The summed E-state index contributed by atoms with van der Waals surface area (Å²) >= 11 is 0. The molecule has 0 spiro atoms. The fraction of sp³-hybridized carbons (Fsp3) is 0.188. The van der Waals surface area contributed by atoms with Crippen molar-refractivity contribution in [1.29, 1.82) is 0 Å². The normalized spacial score (nSPS) is 12.1. The van der Waals surface area contributed by atoms with E-state index in [0.29, 0.717) is 0 Å². The molecule has 92 valence electrons. The van der Waals surface area contributed by atoms with Crippen molar-refractivity contribution in [1.82, 2.24) is 0 Å². The molecule has 0 aliphatic heterocycles. The Kier molecular flexibility index (Phi) is 3.90. The predicted molar refractivity (Wildman–Crippen MR) is 72.3 cm³/mol. The first-order chi connectivity index (χ1) is 8.72. The van der Waals surface area contributed by atoms with Gasteiger partial charge in [0, 0.05) is 7.11 Å². The number of benzene rings is 2. The number of carbonyl (C=O) groups excluding carboxylic acids is 1. The summed E-state index contributed by atoms with van der Waals surface area (Å²) in [4.78, 5) is 11.4. The van der Waals surface area contributed by atoms with Gasteiger partial charge >= 0.3 is 0 Å². The molecule has 0 radical (unpaired) electrons. The van der Waals surface area contributed by atoms with Crippen molar-refractivity contribution in [2.75, 3.05) is 7.11 Å². The summed E-state index contributed by atoms with van der Waals surface area (Å²) in [5, 5.41) is 0. The van der Waals surface area contributed by atoms with Gasteiger partial charge in [0.05, 0.1) is 0 Å². The number of methoxy groups -OCH3 is 1. The van der Waals surface area contributed by atoms with Crippen molar-refractivity contribution >= 4 is 5.78 Å². The molecule has 0 aromatic heterocycles. The van der Waals surface area contributed by atoms with E-state index >= 15 is 0 Å². The molecule has 0 aliphatic carbocycles. The molecule has 2 heteroatoms. The monoisotopic (exact) mass is 240 g/mol. The van der Waals surface area contributed by atoms with Crippen LogP contribution in [0.5, 0.6) is 0 Å². The first kappa shape index (κ1) is 12.5. The molecular weight excluding hydrogens is 224 g/mol. The highest BCUT2D eigenvalue weighted by atomic mass is 16.5. The molecule has 2 aromatic carbocycles. The highest BCUT2D eigenvalue weighted by Crippen LogP contribution is 2.23. The maximum Gasteiger partial charge on any atom is 0.163 e. The summed E-state index contributed by atoms with van der Waals surface area (Å²) in [7, 11) is 1.55. The second-order valence-corrected chi connectivity index (χ2v) is 4.21. The maximum atomic E-state index is 11.4. The van der Waals surface area contributed by atoms with Crippen LogP contribution in [0.25, 0.3) is 11.1 Å².